The van der Waals surface area contributed by atoms with Crippen LogP contribution in [0.25, 0.3) is 0 Å². The van der Waals surface area contributed by atoms with Crippen molar-refractivity contribution in [2.24, 2.45) is 0 Å². The summed E-state index contributed by atoms with van der Waals surface area (Å²) >= 11 is 0. The van der Waals surface area contributed by atoms with E-state index in [-0.39, 0.29) is 12.1 Å². The van der Waals surface area contributed by atoms with E-state index >= 15 is 0 Å². The number of carbonyl (C=O) groups excluding carboxylic acids is 1. The van der Waals surface area contributed by atoms with Gasteiger partial charge in [-0.05, 0) is 6.07 Å². The van der Waals surface area contributed by atoms with Gasteiger partial charge in [-0.3, -0.25) is 14.9 Å². The molecule has 16 heavy (non-hydrogen) atoms. The molecule has 0 saturated heterocycles. The summed E-state index contributed by atoms with van der Waals surface area (Å²) in [7, 11) is 1.28. The number of hydrogen-bond donors (Lipinski definition) is 0. The van der Waals surface area contributed by atoms with Crippen LogP contribution in [0.2, 0.25) is 0 Å². The molecule has 0 atom stereocenters. The Morgan fingerprint density at radius 1 is 1.56 bits per heavy atom. The van der Waals surface area contributed by atoms with Gasteiger partial charge in [-0.2, -0.15) is 0 Å². The fourth-order valence-electron chi connectivity index (χ4n) is 0.988. The Kier molecular flexibility index (Phi) is 4.04. The topological polar surface area (TPSA) is 69.4 Å². The zero-order chi connectivity index (χ0) is 12.0. The summed E-state index contributed by atoms with van der Waals surface area (Å²) in [6.07, 6.45) is -0.0286. The van der Waals surface area contributed by atoms with Crippen LogP contribution in [0.4, 0.5) is 5.69 Å². The monoisotopic (exact) mass is 219 g/mol. The molecule has 0 bridgehead atoms. The molecule has 0 fully saturated rings. The van der Waals surface area contributed by atoms with Gasteiger partial charge in [-0.1, -0.05) is 17.9 Å². The lowest BCUT2D eigenvalue weighted by Crippen LogP contribution is -1.97. The maximum absolute atomic E-state index is 10.7. The first kappa shape index (κ1) is 11.7. The van der Waals surface area contributed by atoms with Gasteiger partial charge >= 0.3 is 5.97 Å². The van der Waals surface area contributed by atoms with Gasteiger partial charge in [0.25, 0.3) is 5.69 Å². The molecule has 0 unspecified atom stereocenters. The molecule has 5 heteroatoms. The molecule has 0 radical (unpaired) electrons. The molecular weight excluding hydrogens is 210 g/mol. The predicted octanol–water partition coefficient (Wildman–Crippen LogP) is 1.51. The molecule has 0 aliphatic heterocycles. The highest BCUT2D eigenvalue weighted by atomic mass is 16.6. The van der Waals surface area contributed by atoms with Gasteiger partial charge in [0.05, 0.1) is 12.0 Å². The standard InChI is InChI=1S/C11H9NO4/c1-16-11(13)7-3-5-9-4-2-6-10(8-9)12(14)15/h2,4,6,8H,7H2,1H3. The number of hydrogen-bond acceptors (Lipinski definition) is 4. The number of nitro benzene ring substituents is 1. The zero-order valence-electron chi connectivity index (χ0n) is 8.60. The SMILES string of the molecule is COC(=O)CC#Cc1cccc([N+](=O)[O-])c1. The van der Waals surface area contributed by atoms with E-state index in [4.69, 9.17) is 0 Å². The Labute approximate surface area is 92.2 Å². The van der Waals surface area contributed by atoms with E-state index in [0.29, 0.717) is 5.56 Å². The maximum atomic E-state index is 10.7. The molecule has 0 saturated carbocycles. The summed E-state index contributed by atoms with van der Waals surface area (Å²) in [6, 6.07) is 5.91. The summed E-state index contributed by atoms with van der Waals surface area (Å²) < 4.78 is 4.40. The molecule has 0 aromatic heterocycles. The van der Waals surface area contributed by atoms with Crippen molar-refractivity contribution >= 4 is 11.7 Å². The molecule has 82 valence electrons. The summed E-state index contributed by atoms with van der Waals surface area (Å²) in [5.74, 6) is 4.79. The fourth-order valence-corrected chi connectivity index (χ4v) is 0.988. The highest BCUT2D eigenvalue weighted by Gasteiger charge is 2.03. The number of ether oxygens (including phenoxy) is 1. The van der Waals surface area contributed by atoms with Crippen molar-refractivity contribution in [3.05, 3.63) is 39.9 Å². The van der Waals surface area contributed by atoms with Gasteiger partial charge in [0.15, 0.2) is 0 Å². The van der Waals surface area contributed by atoms with E-state index in [2.05, 4.69) is 16.6 Å². The van der Waals surface area contributed by atoms with Crippen molar-refractivity contribution in [3.63, 3.8) is 0 Å². The Morgan fingerprint density at radius 3 is 2.94 bits per heavy atom. The Morgan fingerprint density at radius 2 is 2.31 bits per heavy atom. The van der Waals surface area contributed by atoms with E-state index in [1.165, 1.54) is 19.2 Å². The minimum atomic E-state index is -0.495. The molecular formula is C11H9NO4. The van der Waals surface area contributed by atoms with Crippen molar-refractivity contribution in [2.75, 3.05) is 7.11 Å². The minimum absolute atomic E-state index is 0.0233. The van der Waals surface area contributed by atoms with Crippen LogP contribution in [-0.4, -0.2) is 18.0 Å². The van der Waals surface area contributed by atoms with Crippen LogP contribution in [0.3, 0.4) is 0 Å². The highest BCUT2D eigenvalue weighted by molar-refractivity contribution is 5.72. The molecule has 0 heterocycles. The van der Waals surface area contributed by atoms with Gasteiger partial charge in [0, 0.05) is 17.7 Å². The molecule has 0 aliphatic carbocycles. The van der Waals surface area contributed by atoms with Crippen LogP contribution in [0, 0.1) is 22.0 Å². The van der Waals surface area contributed by atoms with E-state index in [0.717, 1.165) is 0 Å². The first-order valence-electron chi connectivity index (χ1n) is 4.43. The molecule has 0 aliphatic rings. The Balaban J connectivity index is 2.77. The fraction of sp³-hybridized carbons (Fsp3) is 0.182. The molecule has 0 N–H and O–H groups in total. The van der Waals surface area contributed by atoms with Gasteiger partial charge in [-0.15, -0.1) is 0 Å². The highest BCUT2D eigenvalue weighted by Crippen LogP contribution is 2.11. The van der Waals surface area contributed by atoms with Crippen LogP contribution in [0.5, 0.6) is 0 Å². The van der Waals surface area contributed by atoms with Gasteiger partial charge < -0.3 is 4.74 Å². The molecule has 1 aromatic rings. The smallest absolute Gasteiger partial charge is 0.317 e. The third kappa shape index (κ3) is 3.42. The quantitative estimate of drug-likeness (QED) is 0.327. The lowest BCUT2D eigenvalue weighted by Gasteiger charge is -1.92. The minimum Gasteiger partial charge on any atom is -0.468 e. The van der Waals surface area contributed by atoms with Gasteiger partial charge in [-0.25, -0.2) is 0 Å². The summed E-state index contributed by atoms with van der Waals surface area (Å²) in [5, 5.41) is 10.5. The van der Waals surface area contributed by atoms with Crippen molar-refractivity contribution in [1.29, 1.82) is 0 Å². The van der Waals surface area contributed by atoms with Crippen molar-refractivity contribution < 1.29 is 14.5 Å². The van der Waals surface area contributed by atoms with Crippen LogP contribution >= 0.6 is 0 Å². The number of benzene rings is 1. The van der Waals surface area contributed by atoms with Crippen LogP contribution in [-0.2, 0) is 9.53 Å². The van der Waals surface area contributed by atoms with E-state index < -0.39 is 10.9 Å². The summed E-state index contributed by atoms with van der Waals surface area (Å²) in [4.78, 5) is 20.7. The Bertz CT molecular complexity index is 470. The number of esters is 1. The molecule has 1 aromatic carbocycles. The maximum Gasteiger partial charge on any atom is 0.317 e. The average molecular weight is 219 g/mol. The lowest BCUT2D eigenvalue weighted by molar-refractivity contribution is -0.384. The number of nitro groups is 1. The van der Waals surface area contributed by atoms with E-state index in [9.17, 15) is 14.9 Å². The van der Waals surface area contributed by atoms with Crippen LogP contribution < -0.4 is 0 Å². The van der Waals surface area contributed by atoms with E-state index in [1.807, 2.05) is 0 Å². The lowest BCUT2D eigenvalue weighted by atomic mass is 10.2. The molecule has 5 nitrogen and oxygen atoms in total. The molecule has 0 amide bonds. The molecule has 1 rings (SSSR count). The van der Waals surface area contributed by atoms with Crippen LogP contribution in [0.15, 0.2) is 24.3 Å². The van der Waals surface area contributed by atoms with Gasteiger partial charge in [0.2, 0.25) is 0 Å². The number of nitrogens with zero attached hydrogens (tertiary/aromatic N) is 1. The second-order valence-electron chi connectivity index (χ2n) is 2.86. The normalized spacial score (nSPS) is 8.81. The zero-order valence-corrected chi connectivity index (χ0v) is 8.60. The first-order chi connectivity index (χ1) is 7.63. The largest absolute Gasteiger partial charge is 0.468 e. The van der Waals surface area contributed by atoms with Crippen molar-refractivity contribution in [1.82, 2.24) is 0 Å². The summed E-state index contributed by atoms with van der Waals surface area (Å²) in [6.45, 7) is 0. The molecule has 0 spiro atoms. The van der Waals surface area contributed by atoms with Crippen molar-refractivity contribution in [3.8, 4) is 11.8 Å². The number of methoxy groups -OCH3 is 1. The van der Waals surface area contributed by atoms with Gasteiger partial charge in [0.1, 0.15) is 6.42 Å². The third-order valence-electron chi connectivity index (χ3n) is 1.75. The third-order valence-corrected chi connectivity index (χ3v) is 1.75. The van der Waals surface area contributed by atoms with Crippen molar-refractivity contribution in [2.45, 2.75) is 6.42 Å². The second-order valence-corrected chi connectivity index (χ2v) is 2.86. The number of rotatable bonds is 2. The summed E-state index contributed by atoms with van der Waals surface area (Å²) in [5.41, 5.74) is 0.475. The van der Waals surface area contributed by atoms with E-state index in [1.54, 1.807) is 12.1 Å². The van der Waals surface area contributed by atoms with Crippen LogP contribution in [0.1, 0.15) is 12.0 Å². The number of carbonyl (C=O) groups is 1. The second kappa shape index (κ2) is 5.51. The Hall–Kier alpha value is -2.35. The number of non-ortho nitro benzene ring substituents is 1. The predicted molar refractivity (Wildman–Crippen MR) is 56.6 cm³/mol. The average Bonchev–Trinajstić information content (AvgIpc) is 2.29. The first-order valence-corrected chi connectivity index (χ1v) is 4.43.